The Morgan fingerprint density at radius 1 is 1.03 bits per heavy atom. The van der Waals surface area contributed by atoms with E-state index in [-0.39, 0.29) is 11.9 Å². The van der Waals surface area contributed by atoms with Crippen molar-refractivity contribution in [2.75, 3.05) is 0 Å². The molecule has 0 bridgehead atoms. The van der Waals surface area contributed by atoms with Gasteiger partial charge in [-0.1, -0.05) is 48.6 Å². The molecule has 3 nitrogen and oxygen atoms in total. The first-order chi connectivity index (χ1) is 14.6. The van der Waals surface area contributed by atoms with E-state index in [1.54, 1.807) is 31.5 Å². The van der Waals surface area contributed by atoms with Crippen LogP contribution in [0.4, 0.5) is 4.39 Å². The summed E-state index contributed by atoms with van der Waals surface area (Å²) in [5.41, 5.74) is 4.22. The van der Waals surface area contributed by atoms with Gasteiger partial charge in [0.2, 0.25) is 0 Å². The molecule has 0 aliphatic carbocycles. The molecule has 3 aromatic rings. The predicted octanol–water partition coefficient (Wildman–Crippen LogP) is 6.24. The molecule has 30 heavy (non-hydrogen) atoms. The Kier molecular flexibility index (Phi) is 7.63. The summed E-state index contributed by atoms with van der Waals surface area (Å²) in [6, 6.07) is 13.0. The van der Waals surface area contributed by atoms with Crippen LogP contribution in [0.25, 0.3) is 28.3 Å². The lowest BCUT2D eigenvalue weighted by Gasteiger charge is -2.07. The molecule has 1 atom stereocenters. The SMILES string of the molecule is C=CCc1ccc(-c2ccc(-c3cnc(C=CCCCC(C)O)nc3)cc2)c(F)c1. The van der Waals surface area contributed by atoms with E-state index >= 15 is 0 Å². The first kappa shape index (κ1) is 21.6. The Morgan fingerprint density at radius 3 is 2.37 bits per heavy atom. The maximum absolute atomic E-state index is 14.4. The molecule has 1 heterocycles. The van der Waals surface area contributed by atoms with E-state index in [0.29, 0.717) is 17.8 Å². The van der Waals surface area contributed by atoms with Gasteiger partial charge in [0.15, 0.2) is 5.82 Å². The molecule has 3 rings (SSSR count). The second-order valence-corrected chi connectivity index (χ2v) is 7.40. The van der Waals surface area contributed by atoms with Gasteiger partial charge in [-0.25, -0.2) is 14.4 Å². The number of rotatable bonds is 9. The van der Waals surface area contributed by atoms with Crippen molar-refractivity contribution in [2.24, 2.45) is 0 Å². The van der Waals surface area contributed by atoms with Gasteiger partial charge in [0.1, 0.15) is 5.82 Å². The number of benzene rings is 2. The fraction of sp³-hybridized carbons (Fsp3) is 0.231. The minimum atomic E-state index is -0.256. The topological polar surface area (TPSA) is 46.0 Å². The maximum Gasteiger partial charge on any atom is 0.151 e. The quantitative estimate of drug-likeness (QED) is 0.340. The van der Waals surface area contributed by atoms with Crippen LogP contribution in [0, 0.1) is 5.82 Å². The number of allylic oxidation sites excluding steroid dienone is 2. The molecule has 0 fully saturated rings. The largest absolute Gasteiger partial charge is 0.393 e. The van der Waals surface area contributed by atoms with Crippen molar-refractivity contribution >= 4 is 6.08 Å². The minimum Gasteiger partial charge on any atom is -0.393 e. The second kappa shape index (κ2) is 10.6. The van der Waals surface area contributed by atoms with Crippen LogP contribution in [0.5, 0.6) is 0 Å². The van der Waals surface area contributed by atoms with Gasteiger partial charge in [-0.05, 0) is 61.4 Å². The molecule has 0 aliphatic rings. The molecule has 0 radical (unpaired) electrons. The monoisotopic (exact) mass is 402 g/mol. The van der Waals surface area contributed by atoms with Gasteiger partial charge >= 0.3 is 0 Å². The van der Waals surface area contributed by atoms with Gasteiger partial charge < -0.3 is 5.11 Å². The number of aliphatic hydroxyl groups is 1. The highest BCUT2D eigenvalue weighted by molar-refractivity contribution is 5.70. The molecular weight excluding hydrogens is 375 g/mol. The van der Waals surface area contributed by atoms with E-state index in [1.807, 2.05) is 48.6 Å². The van der Waals surface area contributed by atoms with Crippen molar-refractivity contribution < 1.29 is 9.50 Å². The average molecular weight is 403 g/mol. The van der Waals surface area contributed by atoms with E-state index in [1.165, 1.54) is 0 Å². The lowest BCUT2D eigenvalue weighted by Crippen LogP contribution is -1.97. The van der Waals surface area contributed by atoms with E-state index in [9.17, 15) is 9.50 Å². The molecule has 154 valence electrons. The van der Waals surface area contributed by atoms with Crippen LogP contribution in [-0.4, -0.2) is 21.2 Å². The third-order valence-corrected chi connectivity index (χ3v) is 4.87. The molecule has 0 aliphatic heterocycles. The van der Waals surface area contributed by atoms with Crippen molar-refractivity contribution in [1.82, 2.24) is 9.97 Å². The van der Waals surface area contributed by atoms with E-state index in [2.05, 4.69) is 16.5 Å². The first-order valence-corrected chi connectivity index (χ1v) is 10.2. The summed E-state index contributed by atoms with van der Waals surface area (Å²) in [6.45, 7) is 5.49. The fourth-order valence-corrected chi connectivity index (χ4v) is 3.22. The Hall–Kier alpha value is -3.11. The Labute approximate surface area is 177 Å². The van der Waals surface area contributed by atoms with E-state index in [4.69, 9.17) is 0 Å². The van der Waals surface area contributed by atoms with E-state index < -0.39 is 0 Å². The zero-order valence-electron chi connectivity index (χ0n) is 17.3. The summed E-state index contributed by atoms with van der Waals surface area (Å²) in [6.07, 6.45) is 12.3. The lowest BCUT2D eigenvalue weighted by atomic mass is 9.99. The molecule has 4 heteroatoms. The zero-order valence-corrected chi connectivity index (χ0v) is 17.3. The number of aliphatic hydroxyl groups excluding tert-OH is 1. The number of hydrogen-bond acceptors (Lipinski definition) is 3. The summed E-state index contributed by atoms with van der Waals surface area (Å²) < 4.78 is 14.4. The summed E-state index contributed by atoms with van der Waals surface area (Å²) in [5.74, 6) is 0.434. The van der Waals surface area contributed by atoms with Crippen LogP contribution < -0.4 is 0 Å². The highest BCUT2D eigenvalue weighted by atomic mass is 19.1. The third kappa shape index (κ3) is 5.94. The summed E-state index contributed by atoms with van der Waals surface area (Å²) >= 11 is 0. The van der Waals surface area contributed by atoms with Crippen LogP contribution in [0.2, 0.25) is 0 Å². The van der Waals surface area contributed by atoms with Crippen LogP contribution in [-0.2, 0) is 6.42 Å². The molecule has 1 N–H and O–H groups in total. The summed E-state index contributed by atoms with van der Waals surface area (Å²) in [7, 11) is 0. The first-order valence-electron chi connectivity index (χ1n) is 10.2. The third-order valence-electron chi connectivity index (χ3n) is 4.87. The molecule has 0 saturated heterocycles. The Balaban J connectivity index is 1.66. The van der Waals surface area contributed by atoms with Gasteiger partial charge in [0, 0.05) is 23.5 Å². The van der Waals surface area contributed by atoms with Crippen LogP contribution in [0.3, 0.4) is 0 Å². The smallest absolute Gasteiger partial charge is 0.151 e. The highest BCUT2D eigenvalue weighted by Crippen LogP contribution is 2.27. The van der Waals surface area contributed by atoms with E-state index in [0.717, 1.165) is 41.5 Å². The molecule has 2 aromatic carbocycles. The normalized spacial score (nSPS) is 12.2. The number of nitrogens with zero attached hydrogens (tertiary/aromatic N) is 2. The van der Waals surface area contributed by atoms with Gasteiger partial charge in [-0.3, -0.25) is 0 Å². The standard InChI is InChI=1S/C26H27FN2O/c1-3-7-20-10-15-24(25(27)16-20)22-13-11-21(12-14-22)23-17-28-26(29-18-23)9-6-4-5-8-19(2)30/h3,6,9-19,30H,1,4-5,7-8H2,2H3. The number of hydrogen-bond donors (Lipinski definition) is 1. The van der Waals surface area contributed by atoms with Crippen LogP contribution >= 0.6 is 0 Å². The second-order valence-electron chi connectivity index (χ2n) is 7.40. The zero-order chi connectivity index (χ0) is 21.3. The number of aromatic nitrogens is 2. The molecular formula is C26H27FN2O. The maximum atomic E-state index is 14.4. The van der Waals surface area contributed by atoms with Gasteiger partial charge in [-0.2, -0.15) is 0 Å². The molecule has 0 amide bonds. The van der Waals surface area contributed by atoms with Crippen molar-refractivity contribution in [3.63, 3.8) is 0 Å². The summed E-state index contributed by atoms with van der Waals surface area (Å²) in [5, 5.41) is 9.26. The Bertz CT molecular complexity index is 993. The van der Waals surface area contributed by atoms with Gasteiger partial charge in [0.05, 0.1) is 6.10 Å². The summed E-state index contributed by atoms with van der Waals surface area (Å²) in [4.78, 5) is 8.79. The molecule has 0 spiro atoms. The lowest BCUT2D eigenvalue weighted by molar-refractivity contribution is 0.182. The molecule has 0 saturated carbocycles. The van der Waals surface area contributed by atoms with Crippen molar-refractivity contribution in [3.8, 4) is 22.3 Å². The molecule has 1 aromatic heterocycles. The Morgan fingerprint density at radius 2 is 1.73 bits per heavy atom. The van der Waals surface area contributed by atoms with Crippen molar-refractivity contribution in [1.29, 1.82) is 0 Å². The average Bonchev–Trinajstić information content (AvgIpc) is 2.74. The van der Waals surface area contributed by atoms with Gasteiger partial charge in [-0.15, -0.1) is 6.58 Å². The van der Waals surface area contributed by atoms with Gasteiger partial charge in [0.25, 0.3) is 0 Å². The van der Waals surface area contributed by atoms with Crippen molar-refractivity contribution in [3.05, 3.63) is 90.8 Å². The highest BCUT2D eigenvalue weighted by Gasteiger charge is 2.07. The fourth-order valence-electron chi connectivity index (χ4n) is 3.22. The van der Waals surface area contributed by atoms with Crippen LogP contribution in [0.1, 0.15) is 37.6 Å². The predicted molar refractivity (Wildman–Crippen MR) is 121 cm³/mol. The van der Waals surface area contributed by atoms with Crippen molar-refractivity contribution in [2.45, 2.75) is 38.7 Å². The molecule has 1 unspecified atom stereocenters. The number of halogens is 1. The minimum absolute atomic E-state index is 0.227. The number of unbranched alkanes of at least 4 members (excludes halogenated alkanes) is 1. The van der Waals surface area contributed by atoms with Crippen LogP contribution in [0.15, 0.2) is 73.6 Å².